The number of hydrogen-bond donors (Lipinski definition) is 3. The number of unbranched alkanes of at least 4 members (excludes halogenated alkanes) is 53. The van der Waals surface area contributed by atoms with Crippen molar-refractivity contribution in [1.82, 2.24) is 5.32 Å². The third-order valence-corrected chi connectivity index (χ3v) is 16.5. The summed E-state index contributed by atoms with van der Waals surface area (Å²) in [4.78, 5) is 24.6. The molecule has 2 atom stereocenters. The van der Waals surface area contributed by atoms with Crippen LogP contribution in [0.4, 0.5) is 0 Å². The van der Waals surface area contributed by atoms with Crippen LogP contribution >= 0.6 is 0 Å². The van der Waals surface area contributed by atoms with Gasteiger partial charge in [-0.1, -0.05) is 346 Å². The fourth-order valence-corrected chi connectivity index (χ4v) is 11.1. The van der Waals surface area contributed by atoms with Gasteiger partial charge in [0.1, 0.15) is 0 Å². The van der Waals surface area contributed by atoms with Crippen LogP contribution in [-0.4, -0.2) is 47.4 Å². The van der Waals surface area contributed by atoms with Crippen LogP contribution < -0.4 is 5.32 Å². The van der Waals surface area contributed by atoms with Gasteiger partial charge in [0.25, 0.3) is 0 Å². The molecule has 0 fully saturated rings. The zero-order chi connectivity index (χ0) is 55.7. The lowest BCUT2D eigenvalue weighted by Crippen LogP contribution is -2.45. The summed E-state index contributed by atoms with van der Waals surface area (Å²) in [6.45, 7) is 4.94. The van der Waals surface area contributed by atoms with E-state index in [0.717, 1.165) is 38.5 Å². The molecule has 0 saturated heterocycles. The number of hydrogen-bond acceptors (Lipinski definition) is 5. The Bertz CT molecular complexity index is 1200. The van der Waals surface area contributed by atoms with Crippen molar-refractivity contribution in [3.8, 4) is 0 Å². The molecule has 1 amide bonds. The van der Waals surface area contributed by atoms with E-state index in [9.17, 15) is 19.8 Å². The SMILES string of the molecule is CCCCCCCCCCCCCCCC/C=C/C(O)C(CO)NC(=O)CCCCCCCCCCCC/C=C\CCCCCCCCCCCCCCOC(=O)CCCCCCCCCCCCCCCCCCCC. The molecule has 456 valence electrons. The molecule has 0 aromatic carbocycles. The maximum absolute atomic E-state index is 12.5. The number of carbonyl (C=O) groups excluding carboxylic acids is 2. The summed E-state index contributed by atoms with van der Waals surface area (Å²) >= 11 is 0. The Morgan fingerprint density at radius 1 is 0.351 bits per heavy atom. The maximum Gasteiger partial charge on any atom is 0.305 e. The molecule has 0 rings (SSSR count). The van der Waals surface area contributed by atoms with E-state index >= 15 is 0 Å². The van der Waals surface area contributed by atoms with Crippen molar-refractivity contribution in [3.63, 3.8) is 0 Å². The quantitative estimate of drug-likeness (QED) is 0.0320. The van der Waals surface area contributed by atoms with Crippen LogP contribution in [0, 0.1) is 0 Å². The molecule has 0 aliphatic heterocycles. The molecular weight excluding hydrogens is 947 g/mol. The van der Waals surface area contributed by atoms with Gasteiger partial charge in [-0.15, -0.1) is 0 Å². The molecule has 0 saturated carbocycles. The number of allylic oxidation sites excluding steroid dienone is 3. The molecule has 6 nitrogen and oxygen atoms in total. The van der Waals surface area contributed by atoms with Crippen molar-refractivity contribution < 1.29 is 24.5 Å². The molecule has 2 unspecified atom stereocenters. The second-order valence-electron chi connectivity index (χ2n) is 24.2. The Balaban J connectivity index is 3.38. The highest BCUT2D eigenvalue weighted by atomic mass is 16.5. The second kappa shape index (κ2) is 66.8. The van der Waals surface area contributed by atoms with Gasteiger partial charge in [-0.25, -0.2) is 0 Å². The standard InChI is InChI=1S/C71H137NO5/c1-3-5-7-9-11-13-15-17-19-21-33-37-41-45-49-53-57-61-65-71(76)77-66-62-58-54-50-46-42-38-34-31-29-27-25-23-22-24-26-28-30-32-36-40-44-48-52-56-60-64-70(75)72-68(67-73)69(74)63-59-55-51-47-43-39-35-20-18-16-14-12-10-8-6-4-2/h22,24,59,63,68-69,73-74H,3-21,23,25-58,60-62,64-67H2,1-2H3,(H,72,75)/b24-22-,63-59+. The second-order valence-corrected chi connectivity index (χ2v) is 24.2. The number of ether oxygens (including phenoxy) is 1. The largest absolute Gasteiger partial charge is 0.466 e. The van der Waals surface area contributed by atoms with E-state index in [1.54, 1.807) is 6.08 Å². The van der Waals surface area contributed by atoms with Crippen LogP contribution in [-0.2, 0) is 14.3 Å². The van der Waals surface area contributed by atoms with Crippen molar-refractivity contribution >= 4 is 11.9 Å². The molecule has 0 aromatic rings. The molecular formula is C71H137NO5. The van der Waals surface area contributed by atoms with Gasteiger partial charge in [0.05, 0.1) is 25.4 Å². The van der Waals surface area contributed by atoms with Gasteiger partial charge in [0.2, 0.25) is 5.91 Å². The first kappa shape index (κ1) is 75.3. The maximum atomic E-state index is 12.5. The van der Waals surface area contributed by atoms with E-state index in [-0.39, 0.29) is 18.5 Å². The van der Waals surface area contributed by atoms with Crippen LogP contribution in [0.5, 0.6) is 0 Å². The summed E-state index contributed by atoms with van der Waals surface area (Å²) in [5.41, 5.74) is 0. The van der Waals surface area contributed by atoms with E-state index < -0.39 is 12.1 Å². The van der Waals surface area contributed by atoms with Crippen molar-refractivity contribution in [2.45, 2.75) is 405 Å². The number of aliphatic hydroxyl groups excluding tert-OH is 2. The van der Waals surface area contributed by atoms with Gasteiger partial charge in [0, 0.05) is 12.8 Å². The minimum Gasteiger partial charge on any atom is -0.466 e. The predicted molar refractivity (Wildman–Crippen MR) is 338 cm³/mol. The predicted octanol–water partition coefficient (Wildman–Crippen LogP) is 22.5. The van der Waals surface area contributed by atoms with Crippen molar-refractivity contribution in [2.75, 3.05) is 13.2 Å². The van der Waals surface area contributed by atoms with Crippen molar-refractivity contribution in [3.05, 3.63) is 24.3 Å². The summed E-state index contributed by atoms with van der Waals surface area (Å²) in [5, 5.41) is 23.2. The minimum absolute atomic E-state index is 0.0190. The molecule has 0 spiro atoms. The fraction of sp³-hybridized carbons (Fsp3) is 0.915. The number of amides is 1. The van der Waals surface area contributed by atoms with Crippen LogP contribution in [0.2, 0.25) is 0 Å². The lowest BCUT2D eigenvalue weighted by Gasteiger charge is -2.20. The number of rotatable bonds is 66. The van der Waals surface area contributed by atoms with E-state index in [4.69, 9.17) is 4.74 Å². The number of carbonyl (C=O) groups is 2. The smallest absolute Gasteiger partial charge is 0.305 e. The molecule has 0 heterocycles. The first-order valence-electron chi connectivity index (χ1n) is 35.1. The summed E-state index contributed by atoms with van der Waals surface area (Å²) in [6.07, 6.45) is 84.0. The lowest BCUT2D eigenvalue weighted by molar-refractivity contribution is -0.143. The minimum atomic E-state index is -0.845. The fourth-order valence-electron chi connectivity index (χ4n) is 11.1. The summed E-state index contributed by atoms with van der Waals surface area (Å²) in [5.74, 6) is -0.0481. The highest BCUT2D eigenvalue weighted by Crippen LogP contribution is 2.18. The number of nitrogens with one attached hydrogen (secondary N) is 1. The summed E-state index contributed by atoms with van der Waals surface area (Å²) in [7, 11) is 0. The average Bonchev–Trinajstić information content (AvgIpc) is 3.43. The third-order valence-electron chi connectivity index (χ3n) is 16.5. The van der Waals surface area contributed by atoms with Crippen LogP contribution in [0.1, 0.15) is 393 Å². The average molecular weight is 1080 g/mol. The molecule has 0 aliphatic rings. The number of esters is 1. The zero-order valence-electron chi connectivity index (χ0n) is 52.2. The van der Waals surface area contributed by atoms with Gasteiger partial charge < -0.3 is 20.3 Å². The Kier molecular flexibility index (Phi) is 65.4. The highest BCUT2D eigenvalue weighted by Gasteiger charge is 2.18. The topological polar surface area (TPSA) is 95.9 Å². The van der Waals surface area contributed by atoms with Crippen LogP contribution in [0.15, 0.2) is 24.3 Å². The monoisotopic (exact) mass is 1080 g/mol. The van der Waals surface area contributed by atoms with E-state index in [0.29, 0.717) is 19.4 Å². The van der Waals surface area contributed by atoms with Gasteiger partial charge in [-0.2, -0.15) is 0 Å². The summed E-state index contributed by atoms with van der Waals surface area (Å²) in [6, 6.07) is -0.629. The number of aliphatic hydroxyl groups is 2. The van der Waals surface area contributed by atoms with Gasteiger partial charge in [0.15, 0.2) is 0 Å². The molecule has 0 bridgehead atoms. The molecule has 6 heteroatoms. The van der Waals surface area contributed by atoms with Crippen LogP contribution in [0.3, 0.4) is 0 Å². The third kappa shape index (κ3) is 63.4. The van der Waals surface area contributed by atoms with Crippen LogP contribution in [0.25, 0.3) is 0 Å². The molecule has 77 heavy (non-hydrogen) atoms. The normalized spacial score (nSPS) is 12.6. The zero-order valence-corrected chi connectivity index (χ0v) is 52.2. The molecule has 3 N–H and O–H groups in total. The Labute approximate surface area is 481 Å². The van der Waals surface area contributed by atoms with Gasteiger partial charge in [-0.3, -0.25) is 9.59 Å². The van der Waals surface area contributed by atoms with E-state index in [2.05, 4.69) is 31.3 Å². The molecule has 0 aromatic heterocycles. The Morgan fingerprint density at radius 3 is 0.922 bits per heavy atom. The summed E-state index contributed by atoms with van der Waals surface area (Å²) < 4.78 is 5.51. The van der Waals surface area contributed by atoms with Gasteiger partial charge in [-0.05, 0) is 57.8 Å². The Morgan fingerprint density at radius 2 is 0.610 bits per heavy atom. The lowest BCUT2D eigenvalue weighted by atomic mass is 10.0. The van der Waals surface area contributed by atoms with Crippen molar-refractivity contribution in [1.29, 1.82) is 0 Å². The first-order valence-corrected chi connectivity index (χ1v) is 35.1. The molecule has 0 radical (unpaired) electrons. The van der Waals surface area contributed by atoms with Gasteiger partial charge >= 0.3 is 5.97 Å². The van der Waals surface area contributed by atoms with E-state index in [1.165, 1.54) is 327 Å². The highest BCUT2D eigenvalue weighted by molar-refractivity contribution is 5.76. The Hall–Kier alpha value is -1.66. The molecule has 0 aliphatic carbocycles. The van der Waals surface area contributed by atoms with Crippen molar-refractivity contribution in [2.24, 2.45) is 0 Å². The van der Waals surface area contributed by atoms with E-state index in [1.807, 2.05) is 6.08 Å². The first-order chi connectivity index (χ1) is 38.0.